The van der Waals surface area contributed by atoms with Crippen LogP contribution in [0.5, 0.6) is 5.75 Å². The number of nitrogens with two attached hydrogens (primary N) is 1. The maximum Gasteiger partial charge on any atom is 0.260 e. The molecule has 104 valence electrons. The maximum atomic E-state index is 13.9. The van der Waals surface area contributed by atoms with E-state index in [4.69, 9.17) is 10.5 Å². The number of amides is 1. The second kappa shape index (κ2) is 6.02. The molecule has 2 rings (SSSR count). The van der Waals surface area contributed by atoms with Gasteiger partial charge in [0.1, 0.15) is 17.1 Å². The molecule has 1 saturated heterocycles. The number of hydrogen-bond donors (Lipinski definition) is 1. The predicted molar refractivity (Wildman–Crippen MR) is 70.6 cm³/mol. The zero-order valence-electron chi connectivity index (χ0n) is 11.1. The van der Waals surface area contributed by atoms with Crippen molar-refractivity contribution in [2.75, 3.05) is 26.7 Å². The number of carbonyl (C=O) groups is 1. The Morgan fingerprint density at radius 3 is 3.05 bits per heavy atom. The highest BCUT2D eigenvalue weighted by Crippen LogP contribution is 2.25. The Morgan fingerprint density at radius 1 is 1.58 bits per heavy atom. The molecule has 1 amide bonds. The molecule has 0 saturated carbocycles. The molecule has 5 heteroatoms. The third kappa shape index (κ3) is 2.87. The molecule has 19 heavy (non-hydrogen) atoms. The number of piperidine rings is 1. The van der Waals surface area contributed by atoms with Gasteiger partial charge in [-0.2, -0.15) is 0 Å². The molecule has 0 aromatic heterocycles. The van der Waals surface area contributed by atoms with Crippen molar-refractivity contribution in [3.63, 3.8) is 0 Å². The van der Waals surface area contributed by atoms with Crippen LogP contribution in [-0.2, 0) is 0 Å². The Labute approximate surface area is 112 Å². The van der Waals surface area contributed by atoms with Crippen LogP contribution in [0.15, 0.2) is 18.2 Å². The van der Waals surface area contributed by atoms with Crippen molar-refractivity contribution in [3.05, 3.63) is 29.6 Å². The van der Waals surface area contributed by atoms with E-state index in [2.05, 4.69) is 0 Å². The molecule has 1 aromatic rings. The van der Waals surface area contributed by atoms with Crippen LogP contribution in [0.2, 0.25) is 0 Å². The van der Waals surface area contributed by atoms with E-state index in [0.29, 0.717) is 25.6 Å². The smallest absolute Gasteiger partial charge is 0.260 e. The number of halogens is 1. The Hall–Kier alpha value is -1.62. The van der Waals surface area contributed by atoms with Gasteiger partial charge in [-0.05, 0) is 37.4 Å². The number of carbonyl (C=O) groups excluding carboxylic acids is 1. The quantitative estimate of drug-likeness (QED) is 0.905. The van der Waals surface area contributed by atoms with Gasteiger partial charge in [0.05, 0.1) is 7.11 Å². The molecule has 1 heterocycles. The molecule has 1 fully saturated rings. The molecule has 1 unspecified atom stereocenters. The molecule has 0 aliphatic carbocycles. The Bertz CT molecular complexity index is 465. The van der Waals surface area contributed by atoms with E-state index in [1.165, 1.54) is 19.2 Å². The van der Waals surface area contributed by atoms with Crippen LogP contribution in [0.25, 0.3) is 0 Å². The van der Waals surface area contributed by atoms with E-state index in [1.54, 1.807) is 11.0 Å². The summed E-state index contributed by atoms with van der Waals surface area (Å²) < 4.78 is 18.9. The molecular weight excluding hydrogens is 247 g/mol. The summed E-state index contributed by atoms with van der Waals surface area (Å²) in [5, 5.41) is 0. The fourth-order valence-corrected chi connectivity index (χ4v) is 2.48. The normalized spacial score (nSPS) is 19.3. The number of rotatable bonds is 3. The summed E-state index contributed by atoms with van der Waals surface area (Å²) in [7, 11) is 1.43. The highest BCUT2D eigenvalue weighted by molar-refractivity contribution is 5.97. The molecule has 1 aromatic carbocycles. The van der Waals surface area contributed by atoms with Crippen molar-refractivity contribution in [3.8, 4) is 5.75 Å². The van der Waals surface area contributed by atoms with Crippen molar-refractivity contribution in [2.45, 2.75) is 12.8 Å². The maximum absolute atomic E-state index is 13.9. The summed E-state index contributed by atoms with van der Waals surface area (Å²) in [5.74, 6) is -0.275. The summed E-state index contributed by atoms with van der Waals surface area (Å²) >= 11 is 0. The summed E-state index contributed by atoms with van der Waals surface area (Å²) in [6, 6.07) is 4.41. The topological polar surface area (TPSA) is 55.6 Å². The monoisotopic (exact) mass is 266 g/mol. The fraction of sp³-hybridized carbons (Fsp3) is 0.500. The minimum absolute atomic E-state index is 0.0164. The lowest BCUT2D eigenvalue weighted by Gasteiger charge is -2.32. The van der Waals surface area contributed by atoms with Crippen LogP contribution in [0.4, 0.5) is 4.39 Å². The molecule has 1 aliphatic rings. The van der Waals surface area contributed by atoms with Crippen molar-refractivity contribution >= 4 is 5.91 Å². The summed E-state index contributed by atoms with van der Waals surface area (Å²) in [5.41, 5.74) is 5.67. The number of benzene rings is 1. The molecule has 4 nitrogen and oxygen atoms in total. The Balaban J connectivity index is 2.24. The van der Waals surface area contributed by atoms with Crippen molar-refractivity contribution in [2.24, 2.45) is 11.7 Å². The fourth-order valence-electron chi connectivity index (χ4n) is 2.48. The van der Waals surface area contributed by atoms with E-state index in [-0.39, 0.29) is 17.2 Å². The van der Waals surface area contributed by atoms with Gasteiger partial charge in [-0.3, -0.25) is 4.79 Å². The van der Waals surface area contributed by atoms with Crippen molar-refractivity contribution in [1.29, 1.82) is 0 Å². The Kier molecular flexibility index (Phi) is 4.37. The SMILES string of the molecule is COc1cccc(F)c1C(=O)N1CCCC(CN)C1. The number of likely N-dealkylation sites (tertiary alicyclic amines) is 1. The van der Waals surface area contributed by atoms with Gasteiger partial charge in [-0.1, -0.05) is 6.07 Å². The summed E-state index contributed by atoms with van der Waals surface area (Å²) in [6.07, 6.45) is 1.93. The van der Waals surface area contributed by atoms with Gasteiger partial charge in [-0.15, -0.1) is 0 Å². The van der Waals surface area contributed by atoms with E-state index in [9.17, 15) is 9.18 Å². The van der Waals surface area contributed by atoms with Gasteiger partial charge in [0.15, 0.2) is 0 Å². The van der Waals surface area contributed by atoms with Gasteiger partial charge in [-0.25, -0.2) is 4.39 Å². The van der Waals surface area contributed by atoms with E-state index in [0.717, 1.165) is 12.8 Å². The van der Waals surface area contributed by atoms with Crippen LogP contribution >= 0.6 is 0 Å². The van der Waals surface area contributed by atoms with Crippen molar-refractivity contribution < 1.29 is 13.9 Å². The minimum atomic E-state index is -0.542. The predicted octanol–water partition coefficient (Wildman–Crippen LogP) is 1.65. The largest absolute Gasteiger partial charge is 0.496 e. The van der Waals surface area contributed by atoms with Gasteiger partial charge >= 0.3 is 0 Å². The van der Waals surface area contributed by atoms with Gasteiger partial charge in [0, 0.05) is 13.1 Å². The van der Waals surface area contributed by atoms with Crippen LogP contribution in [-0.4, -0.2) is 37.6 Å². The standard InChI is InChI=1S/C14H19FN2O2/c1-19-12-6-2-5-11(15)13(12)14(18)17-7-3-4-10(8-16)9-17/h2,5-6,10H,3-4,7-9,16H2,1H3. The first kappa shape index (κ1) is 13.8. The lowest BCUT2D eigenvalue weighted by molar-refractivity contribution is 0.0670. The first-order valence-electron chi connectivity index (χ1n) is 6.49. The molecule has 2 N–H and O–H groups in total. The van der Waals surface area contributed by atoms with Gasteiger partial charge in [0.25, 0.3) is 5.91 Å². The average Bonchev–Trinajstić information content (AvgIpc) is 2.46. The van der Waals surface area contributed by atoms with Crippen LogP contribution in [0, 0.1) is 11.7 Å². The third-order valence-corrected chi connectivity index (χ3v) is 3.55. The lowest BCUT2D eigenvalue weighted by atomic mass is 9.97. The molecule has 1 aliphatic heterocycles. The number of methoxy groups -OCH3 is 1. The zero-order chi connectivity index (χ0) is 13.8. The highest BCUT2D eigenvalue weighted by Gasteiger charge is 2.27. The van der Waals surface area contributed by atoms with E-state index >= 15 is 0 Å². The molecule has 1 atom stereocenters. The van der Waals surface area contributed by atoms with Crippen LogP contribution < -0.4 is 10.5 Å². The molecule has 0 spiro atoms. The molecule has 0 radical (unpaired) electrons. The second-order valence-corrected chi connectivity index (χ2v) is 4.81. The van der Waals surface area contributed by atoms with Crippen LogP contribution in [0.3, 0.4) is 0 Å². The summed E-state index contributed by atoms with van der Waals surface area (Å²) in [6.45, 7) is 1.79. The number of ether oxygens (including phenoxy) is 1. The Morgan fingerprint density at radius 2 is 2.37 bits per heavy atom. The second-order valence-electron chi connectivity index (χ2n) is 4.81. The van der Waals surface area contributed by atoms with Crippen LogP contribution in [0.1, 0.15) is 23.2 Å². The number of hydrogen-bond acceptors (Lipinski definition) is 3. The molecule has 0 bridgehead atoms. The zero-order valence-corrected chi connectivity index (χ0v) is 11.1. The van der Waals surface area contributed by atoms with Gasteiger partial charge in [0.2, 0.25) is 0 Å². The van der Waals surface area contributed by atoms with Crippen molar-refractivity contribution in [1.82, 2.24) is 4.90 Å². The third-order valence-electron chi connectivity index (χ3n) is 3.55. The highest BCUT2D eigenvalue weighted by atomic mass is 19.1. The molecular formula is C14H19FN2O2. The van der Waals surface area contributed by atoms with E-state index < -0.39 is 5.82 Å². The van der Waals surface area contributed by atoms with E-state index in [1.807, 2.05) is 0 Å². The lowest BCUT2D eigenvalue weighted by Crippen LogP contribution is -2.42. The van der Waals surface area contributed by atoms with Gasteiger partial charge < -0.3 is 15.4 Å². The summed E-state index contributed by atoms with van der Waals surface area (Å²) in [4.78, 5) is 14.1. The first-order valence-corrected chi connectivity index (χ1v) is 6.49. The minimum Gasteiger partial charge on any atom is -0.496 e. The first-order chi connectivity index (χ1) is 9.17. The number of nitrogens with zero attached hydrogens (tertiary/aromatic N) is 1. The average molecular weight is 266 g/mol.